The molecule has 0 bridgehead atoms. The first-order valence-corrected chi connectivity index (χ1v) is 5.91. The molecule has 100 valence electrons. The van der Waals surface area contributed by atoms with Crippen molar-refractivity contribution in [2.45, 2.75) is 32.5 Å². The molecule has 0 aromatic heterocycles. The Morgan fingerprint density at radius 2 is 2.28 bits per heavy atom. The molecular weight excluding hydrogens is 237 g/mol. The third kappa shape index (κ3) is 4.71. The number of aliphatic hydroxyl groups is 1. The van der Waals surface area contributed by atoms with Gasteiger partial charge in [0, 0.05) is 6.07 Å². The summed E-state index contributed by atoms with van der Waals surface area (Å²) in [5.41, 5.74) is 0. The van der Waals surface area contributed by atoms with E-state index >= 15 is 0 Å². The van der Waals surface area contributed by atoms with Gasteiger partial charge in [-0.2, -0.15) is 0 Å². The fourth-order valence-corrected chi connectivity index (χ4v) is 1.36. The van der Waals surface area contributed by atoms with Crippen LogP contribution in [0.2, 0.25) is 0 Å². The van der Waals surface area contributed by atoms with Crippen molar-refractivity contribution in [2.75, 3.05) is 6.54 Å². The van der Waals surface area contributed by atoms with Gasteiger partial charge in [-0.25, -0.2) is 4.39 Å². The largest absolute Gasteiger partial charge is 0.489 e. The van der Waals surface area contributed by atoms with E-state index in [0.29, 0.717) is 12.2 Å². The van der Waals surface area contributed by atoms with Gasteiger partial charge < -0.3 is 15.2 Å². The summed E-state index contributed by atoms with van der Waals surface area (Å²) in [5, 5.41) is 11.6. The van der Waals surface area contributed by atoms with E-state index in [0.717, 1.165) is 0 Å². The van der Waals surface area contributed by atoms with Crippen molar-refractivity contribution in [1.29, 1.82) is 0 Å². The van der Waals surface area contributed by atoms with Crippen molar-refractivity contribution in [3.8, 4) is 5.75 Å². The molecule has 2 N–H and O–H groups in total. The lowest BCUT2D eigenvalue weighted by Gasteiger charge is -2.18. The van der Waals surface area contributed by atoms with Gasteiger partial charge >= 0.3 is 0 Å². The highest BCUT2D eigenvalue weighted by Crippen LogP contribution is 2.14. The Morgan fingerprint density at radius 1 is 1.56 bits per heavy atom. The minimum atomic E-state index is -1.04. The molecule has 0 aliphatic carbocycles. The maximum atomic E-state index is 13.0. The summed E-state index contributed by atoms with van der Waals surface area (Å²) in [6, 6.07) is 5.84. The molecule has 0 saturated carbocycles. The van der Waals surface area contributed by atoms with Crippen LogP contribution in [-0.2, 0) is 4.79 Å². The second-order valence-electron chi connectivity index (χ2n) is 4.03. The Morgan fingerprint density at radius 3 is 2.83 bits per heavy atom. The molecule has 1 rings (SSSR count). The quantitative estimate of drug-likeness (QED) is 0.809. The SMILES string of the molecule is CCC(CNC(=O)C(C)O)Oc1cccc(F)c1. The first-order chi connectivity index (χ1) is 8.52. The molecule has 0 spiro atoms. The van der Waals surface area contributed by atoms with Gasteiger partial charge in [-0.3, -0.25) is 4.79 Å². The van der Waals surface area contributed by atoms with Crippen molar-refractivity contribution in [3.05, 3.63) is 30.1 Å². The van der Waals surface area contributed by atoms with Crippen molar-refractivity contribution in [1.82, 2.24) is 5.32 Å². The van der Waals surface area contributed by atoms with E-state index < -0.39 is 12.0 Å². The Bertz CT molecular complexity index is 396. The number of carbonyl (C=O) groups excluding carboxylic acids is 1. The van der Waals surface area contributed by atoms with Crippen molar-refractivity contribution >= 4 is 5.91 Å². The first kappa shape index (κ1) is 14.4. The summed E-state index contributed by atoms with van der Waals surface area (Å²) >= 11 is 0. The van der Waals surface area contributed by atoms with Gasteiger partial charge in [-0.1, -0.05) is 13.0 Å². The normalized spacial score (nSPS) is 13.8. The summed E-state index contributed by atoms with van der Waals surface area (Å²) in [5.74, 6) is -0.389. The van der Waals surface area contributed by atoms with Gasteiger partial charge in [0.2, 0.25) is 5.91 Å². The first-order valence-electron chi connectivity index (χ1n) is 5.91. The molecular formula is C13H18FNO3. The summed E-state index contributed by atoms with van der Waals surface area (Å²) in [4.78, 5) is 11.2. The minimum absolute atomic E-state index is 0.255. The average Bonchev–Trinajstić information content (AvgIpc) is 2.33. The molecule has 5 heteroatoms. The van der Waals surface area contributed by atoms with E-state index in [4.69, 9.17) is 9.84 Å². The van der Waals surface area contributed by atoms with E-state index in [9.17, 15) is 9.18 Å². The maximum Gasteiger partial charge on any atom is 0.248 e. The number of amides is 1. The molecule has 0 saturated heterocycles. The highest BCUT2D eigenvalue weighted by molar-refractivity contribution is 5.79. The van der Waals surface area contributed by atoms with Crippen LogP contribution in [0.5, 0.6) is 5.75 Å². The summed E-state index contributed by atoms with van der Waals surface area (Å²) in [7, 11) is 0. The molecule has 4 nitrogen and oxygen atoms in total. The van der Waals surface area contributed by atoms with Crippen LogP contribution in [0.1, 0.15) is 20.3 Å². The number of ether oxygens (including phenoxy) is 1. The number of hydrogen-bond donors (Lipinski definition) is 2. The third-order valence-corrected chi connectivity index (χ3v) is 2.44. The molecule has 1 aromatic carbocycles. The number of carbonyl (C=O) groups is 1. The monoisotopic (exact) mass is 255 g/mol. The second-order valence-corrected chi connectivity index (χ2v) is 4.03. The van der Waals surface area contributed by atoms with Gasteiger partial charge in [0.05, 0.1) is 6.54 Å². The summed E-state index contributed by atoms with van der Waals surface area (Å²) in [6.45, 7) is 3.57. The molecule has 0 aliphatic heterocycles. The van der Waals surface area contributed by atoms with Crippen LogP contribution >= 0.6 is 0 Å². The van der Waals surface area contributed by atoms with Gasteiger partial charge in [0.15, 0.2) is 0 Å². The van der Waals surface area contributed by atoms with E-state index in [1.54, 1.807) is 12.1 Å². The summed E-state index contributed by atoms with van der Waals surface area (Å²) in [6.07, 6.45) is -0.637. The zero-order chi connectivity index (χ0) is 13.5. The Labute approximate surface area is 106 Å². The number of halogens is 1. The molecule has 0 fully saturated rings. The fraction of sp³-hybridized carbons (Fsp3) is 0.462. The number of aliphatic hydroxyl groups excluding tert-OH is 1. The molecule has 2 atom stereocenters. The van der Waals surface area contributed by atoms with Crippen molar-refractivity contribution in [2.24, 2.45) is 0 Å². The minimum Gasteiger partial charge on any atom is -0.489 e. The van der Waals surface area contributed by atoms with Crippen molar-refractivity contribution < 1.29 is 19.0 Å². The lowest BCUT2D eigenvalue weighted by Crippen LogP contribution is -2.39. The van der Waals surface area contributed by atoms with Crippen LogP contribution in [0.25, 0.3) is 0 Å². The number of rotatable bonds is 6. The topological polar surface area (TPSA) is 58.6 Å². The van der Waals surface area contributed by atoms with Crippen LogP contribution in [0, 0.1) is 5.82 Å². The predicted molar refractivity (Wildman–Crippen MR) is 65.8 cm³/mol. The van der Waals surface area contributed by atoms with Crippen LogP contribution in [0.4, 0.5) is 4.39 Å². The van der Waals surface area contributed by atoms with E-state index in [1.807, 2.05) is 6.92 Å². The smallest absolute Gasteiger partial charge is 0.248 e. The standard InChI is InChI=1S/C13H18FNO3/c1-3-11(8-15-13(17)9(2)16)18-12-6-4-5-10(14)7-12/h4-7,9,11,16H,3,8H2,1-2H3,(H,15,17). The number of benzene rings is 1. The molecule has 1 amide bonds. The van der Waals surface area contributed by atoms with Crippen LogP contribution in [-0.4, -0.2) is 29.8 Å². The zero-order valence-electron chi connectivity index (χ0n) is 10.5. The fourth-order valence-electron chi connectivity index (χ4n) is 1.36. The lowest BCUT2D eigenvalue weighted by molar-refractivity contribution is -0.128. The maximum absolute atomic E-state index is 13.0. The van der Waals surface area contributed by atoms with E-state index in [1.165, 1.54) is 19.1 Å². The van der Waals surface area contributed by atoms with E-state index in [-0.39, 0.29) is 18.5 Å². The van der Waals surface area contributed by atoms with Gasteiger partial charge in [0.1, 0.15) is 23.8 Å². The average molecular weight is 255 g/mol. The molecule has 0 aliphatic rings. The Balaban J connectivity index is 2.49. The highest BCUT2D eigenvalue weighted by Gasteiger charge is 2.13. The van der Waals surface area contributed by atoms with Gasteiger partial charge in [-0.15, -0.1) is 0 Å². The molecule has 2 unspecified atom stereocenters. The highest BCUT2D eigenvalue weighted by atomic mass is 19.1. The molecule has 1 aromatic rings. The van der Waals surface area contributed by atoms with Gasteiger partial charge in [0.25, 0.3) is 0 Å². The van der Waals surface area contributed by atoms with Crippen LogP contribution in [0.15, 0.2) is 24.3 Å². The van der Waals surface area contributed by atoms with E-state index in [2.05, 4.69) is 5.32 Å². The molecule has 0 heterocycles. The predicted octanol–water partition coefficient (Wildman–Crippen LogP) is 1.48. The molecule has 0 radical (unpaired) electrons. The number of nitrogens with one attached hydrogen (secondary N) is 1. The van der Waals surface area contributed by atoms with Crippen LogP contribution in [0.3, 0.4) is 0 Å². The third-order valence-electron chi connectivity index (χ3n) is 2.44. The Kier molecular flexibility index (Phi) is 5.58. The van der Waals surface area contributed by atoms with Crippen LogP contribution < -0.4 is 10.1 Å². The van der Waals surface area contributed by atoms with Gasteiger partial charge in [-0.05, 0) is 25.5 Å². The summed E-state index contributed by atoms with van der Waals surface area (Å²) < 4.78 is 18.5. The molecule has 18 heavy (non-hydrogen) atoms. The zero-order valence-corrected chi connectivity index (χ0v) is 10.5. The Hall–Kier alpha value is -1.62. The number of hydrogen-bond acceptors (Lipinski definition) is 3. The lowest BCUT2D eigenvalue weighted by atomic mass is 10.2. The second kappa shape index (κ2) is 6.96. The van der Waals surface area contributed by atoms with Crippen molar-refractivity contribution in [3.63, 3.8) is 0 Å².